The number of hydrogen-bond acceptors (Lipinski definition) is 1. The summed E-state index contributed by atoms with van der Waals surface area (Å²) < 4.78 is 0. The van der Waals surface area contributed by atoms with Crippen LogP contribution in [-0.2, 0) is 6.42 Å². The van der Waals surface area contributed by atoms with Gasteiger partial charge in [0.1, 0.15) is 0 Å². The first-order valence-electron chi connectivity index (χ1n) is 7.95. The van der Waals surface area contributed by atoms with Gasteiger partial charge in [-0.15, -0.1) is 0 Å². The van der Waals surface area contributed by atoms with Gasteiger partial charge in [-0.3, -0.25) is 0 Å². The molecule has 1 N–H and O–H groups in total. The van der Waals surface area contributed by atoms with Crippen LogP contribution in [0.15, 0.2) is 30.3 Å². The predicted molar refractivity (Wildman–Crippen MR) is 76.8 cm³/mol. The zero-order chi connectivity index (χ0) is 12.9. The number of rotatable bonds is 3. The summed E-state index contributed by atoms with van der Waals surface area (Å²) >= 11 is 0. The van der Waals surface area contributed by atoms with Crippen LogP contribution in [0.25, 0.3) is 0 Å². The lowest BCUT2D eigenvalue weighted by Gasteiger charge is -2.58. The van der Waals surface area contributed by atoms with E-state index in [0.29, 0.717) is 0 Å². The third kappa shape index (κ3) is 2.03. The molecule has 4 saturated carbocycles. The molecular weight excluding hydrogens is 232 g/mol. The van der Waals surface area contributed by atoms with Crippen molar-refractivity contribution in [3.63, 3.8) is 0 Å². The van der Waals surface area contributed by atoms with Crippen molar-refractivity contribution in [1.29, 1.82) is 0 Å². The fraction of sp³-hybridized carbons (Fsp3) is 0.667. The summed E-state index contributed by atoms with van der Waals surface area (Å²) in [6, 6.07) is 10.5. The van der Waals surface area contributed by atoms with Crippen LogP contribution < -0.4 is 0 Å². The van der Waals surface area contributed by atoms with Gasteiger partial charge in [0, 0.05) is 0 Å². The molecular formula is C18H24O. The zero-order valence-corrected chi connectivity index (χ0v) is 11.6. The number of hydrogen-bond donors (Lipinski definition) is 1. The van der Waals surface area contributed by atoms with E-state index in [4.69, 9.17) is 0 Å². The normalized spacial score (nSPS) is 41.4. The monoisotopic (exact) mass is 256 g/mol. The molecule has 1 aromatic rings. The maximum absolute atomic E-state index is 10.9. The summed E-state index contributed by atoms with van der Waals surface area (Å²) in [5.74, 6) is 2.78. The van der Waals surface area contributed by atoms with Gasteiger partial charge in [0.15, 0.2) is 0 Å². The molecule has 4 aliphatic carbocycles. The summed E-state index contributed by atoms with van der Waals surface area (Å²) in [5, 5.41) is 10.9. The minimum Gasteiger partial charge on any atom is -0.392 e. The molecule has 0 heterocycles. The van der Waals surface area contributed by atoms with Gasteiger partial charge in [-0.1, -0.05) is 30.3 Å². The molecule has 4 fully saturated rings. The molecule has 4 aliphatic rings. The topological polar surface area (TPSA) is 20.2 Å². The van der Waals surface area contributed by atoms with Crippen LogP contribution in [0, 0.1) is 23.2 Å². The van der Waals surface area contributed by atoms with Crippen LogP contribution in [0.4, 0.5) is 0 Å². The summed E-state index contributed by atoms with van der Waals surface area (Å²) in [7, 11) is 0. The number of aliphatic hydroxyl groups is 1. The first kappa shape index (κ1) is 12.0. The summed E-state index contributed by atoms with van der Waals surface area (Å²) in [6.07, 6.45) is 9.00. The van der Waals surface area contributed by atoms with Crippen molar-refractivity contribution in [2.24, 2.45) is 23.2 Å². The Bertz CT molecular complexity index is 415. The van der Waals surface area contributed by atoms with E-state index < -0.39 is 0 Å². The van der Waals surface area contributed by atoms with E-state index in [0.717, 1.165) is 24.2 Å². The van der Waals surface area contributed by atoms with Gasteiger partial charge in [0.2, 0.25) is 0 Å². The van der Waals surface area contributed by atoms with E-state index in [-0.39, 0.29) is 11.5 Å². The quantitative estimate of drug-likeness (QED) is 0.872. The average Bonchev–Trinajstić information content (AvgIpc) is 2.38. The molecule has 0 aromatic heterocycles. The molecule has 0 amide bonds. The highest BCUT2D eigenvalue weighted by atomic mass is 16.3. The van der Waals surface area contributed by atoms with Crippen molar-refractivity contribution in [1.82, 2.24) is 0 Å². The van der Waals surface area contributed by atoms with Crippen LogP contribution in [-0.4, -0.2) is 11.2 Å². The highest BCUT2D eigenvalue weighted by Crippen LogP contribution is 2.61. The van der Waals surface area contributed by atoms with Crippen molar-refractivity contribution < 1.29 is 5.11 Å². The van der Waals surface area contributed by atoms with Gasteiger partial charge >= 0.3 is 0 Å². The Labute approximate surface area is 116 Å². The highest BCUT2D eigenvalue weighted by molar-refractivity contribution is 5.17. The number of benzene rings is 1. The Morgan fingerprint density at radius 1 is 0.947 bits per heavy atom. The second kappa shape index (κ2) is 4.34. The second-order valence-electron chi connectivity index (χ2n) is 7.49. The third-order valence-electron chi connectivity index (χ3n) is 6.06. The van der Waals surface area contributed by atoms with E-state index in [1.165, 1.54) is 44.1 Å². The summed E-state index contributed by atoms with van der Waals surface area (Å²) in [5.41, 5.74) is 1.57. The first-order valence-corrected chi connectivity index (χ1v) is 7.95. The Morgan fingerprint density at radius 3 is 2.00 bits per heavy atom. The first-order chi connectivity index (χ1) is 9.23. The standard InChI is InChI=1S/C18H24O/c19-17(9-13-4-2-1-3-5-13)18-10-14-6-15(11-18)8-16(7-14)12-18/h1-5,14-17,19H,6-12H2. The van der Waals surface area contributed by atoms with Gasteiger partial charge < -0.3 is 5.11 Å². The molecule has 4 bridgehead atoms. The zero-order valence-electron chi connectivity index (χ0n) is 11.6. The second-order valence-corrected chi connectivity index (χ2v) is 7.49. The summed E-state index contributed by atoms with van der Waals surface area (Å²) in [6.45, 7) is 0. The molecule has 1 nitrogen and oxygen atoms in total. The molecule has 0 aliphatic heterocycles. The fourth-order valence-corrected chi connectivity index (χ4v) is 5.64. The van der Waals surface area contributed by atoms with Crippen molar-refractivity contribution in [3.05, 3.63) is 35.9 Å². The van der Waals surface area contributed by atoms with E-state index in [1.807, 2.05) is 0 Å². The molecule has 102 valence electrons. The Morgan fingerprint density at radius 2 is 1.47 bits per heavy atom. The van der Waals surface area contributed by atoms with E-state index >= 15 is 0 Å². The fourth-order valence-electron chi connectivity index (χ4n) is 5.64. The maximum atomic E-state index is 10.9. The van der Waals surface area contributed by atoms with Crippen molar-refractivity contribution >= 4 is 0 Å². The van der Waals surface area contributed by atoms with Crippen molar-refractivity contribution in [2.45, 2.75) is 51.0 Å². The van der Waals surface area contributed by atoms with Gasteiger partial charge in [0.25, 0.3) is 0 Å². The lowest BCUT2D eigenvalue weighted by molar-refractivity contribution is -0.119. The molecule has 0 saturated heterocycles. The predicted octanol–water partition coefficient (Wildman–Crippen LogP) is 3.81. The number of aliphatic hydroxyl groups excluding tert-OH is 1. The van der Waals surface area contributed by atoms with Crippen molar-refractivity contribution in [2.75, 3.05) is 0 Å². The molecule has 5 rings (SSSR count). The summed E-state index contributed by atoms with van der Waals surface area (Å²) in [4.78, 5) is 0. The minimum atomic E-state index is -0.122. The highest BCUT2D eigenvalue weighted by Gasteiger charge is 2.53. The molecule has 0 radical (unpaired) electrons. The average molecular weight is 256 g/mol. The van der Waals surface area contributed by atoms with E-state index in [1.54, 1.807) is 0 Å². The lowest BCUT2D eigenvalue weighted by atomic mass is 9.48. The Kier molecular flexibility index (Phi) is 2.73. The minimum absolute atomic E-state index is 0.122. The molecule has 19 heavy (non-hydrogen) atoms. The smallest absolute Gasteiger partial charge is 0.0637 e. The van der Waals surface area contributed by atoms with Gasteiger partial charge in [0.05, 0.1) is 6.10 Å². The van der Waals surface area contributed by atoms with Crippen molar-refractivity contribution in [3.8, 4) is 0 Å². The third-order valence-corrected chi connectivity index (χ3v) is 6.06. The lowest BCUT2D eigenvalue weighted by Crippen LogP contribution is -2.52. The van der Waals surface area contributed by atoms with Crippen LogP contribution in [0.1, 0.15) is 44.1 Å². The molecule has 1 heteroatoms. The largest absolute Gasteiger partial charge is 0.392 e. The Hall–Kier alpha value is -0.820. The van der Waals surface area contributed by atoms with Gasteiger partial charge in [-0.05, 0) is 73.7 Å². The van der Waals surface area contributed by atoms with Crippen LogP contribution in [0.2, 0.25) is 0 Å². The molecule has 1 aromatic carbocycles. The SMILES string of the molecule is OC(Cc1ccccc1)C12CC3CC(CC(C3)C1)C2. The van der Waals surface area contributed by atoms with Crippen LogP contribution in [0.3, 0.4) is 0 Å². The molecule has 1 unspecified atom stereocenters. The van der Waals surface area contributed by atoms with Crippen LogP contribution in [0.5, 0.6) is 0 Å². The van der Waals surface area contributed by atoms with E-state index in [2.05, 4.69) is 30.3 Å². The van der Waals surface area contributed by atoms with Gasteiger partial charge in [-0.2, -0.15) is 0 Å². The maximum Gasteiger partial charge on any atom is 0.0637 e. The van der Waals surface area contributed by atoms with E-state index in [9.17, 15) is 5.11 Å². The molecule has 0 spiro atoms. The van der Waals surface area contributed by atoms with Gasteiger partial charge in [-0.25, -0.2) is 0 Å². The Balaban J connectivity index is 1.55. The molecule has 1 atom stereocenters. The van der Waals surface area contributed by atoms with Crippen LogP contribution >= 0.6 is 0 Å².